The predicted molar refractivity (Wildman–Crippen MR) is 99.8 cm³/mol. The lowest BCUT2D eigenvalue weighted by Crippen LogP contribution is -2.11. The SMILES string of the molecule is Cc1cc(C2CC2)n(-c2ccc(NC(=O)c3sc(C)nc3C)cc2)n1. The Kier molecular flexibility index (Phi) is 3.92. The van der Waals surface area contributed by atoms with Crippen molar-refractivity contribution in [3.63, 3.8) is 0 Å². The Hall–Kier alpha value is -2.47. The average molecular weight is 352 g/mol. The van der Waals surface area contributed by atoms with Crippen molar-refractivity contribution in [1.82, 2.24) is 14.8 Å². The van der Waals surface area contributed by atoms with Crippen LogP contribution in [0.3, 0.4) is 0 Å². The number of amides is 1. The van der Waals surface area contributed by atoms with Crippen LogP contribution < -0.4 is 5.32 Å². The van der Waals surface area contributed by atoms with E-state index in [-0.39, 0.29) is 5.91 Å². The van der Waals surface area contributed by atoms with Gasteiger partial charge in [-0.2, -0.15) is 5.10 Å². The van der Waals surface area contributed by atoms with Gasteiger partial charge in [0.1, 0.15) is 4.88 Å². The van der Waals surface area contributed by atoms with Crippen LogP contribution in [0.25, 0.3) is 5.69 Å². The first-order chi connectivity index (χ1) is 12.0. The van der Waals surface area contributed by atoms with Crippen LogP contribution in [0.1, 0.15) is 50.5 Å². The first-order valence-electron chi connectivity index (χ1n) is 8.43. The minimum absolute atomic E-state index is 0.107. The molecule has 1 saturated carbocycles. The molecule has 3 aromatic rings. The molecule has 2 aromatic heterocycles. The molecule has 1 N–H and O–H groups in total. The molecule has 1 fully saturated rings. The molecule has 4 rings (SSSR count). The highest BCUT2D eigenvalue weighted by molar-refractivity contribution is 7.13. The Morgan fingerprint density at radius 2 is 1.92 bits per heavy atom. The normalized spacial score (nSPS) is 13.9. The number of benzene rings is 1. The van der Waals surface area contributed by atoms with Gasteiger partial charge >= 0.3 is 0 Å². The Labute approximate surface area is 150 Å². The summed E-state index contributed by atoms with van der Waals surface area (Å²) in [5.41, 5.74) is 4.90. The van der Waals surface area contributed by atoms with Crippen molar-refractivity contribution in [2.75, 3.05) is 5.32 Å². The summed E-state index contributed by atoms with van der Waals surface area (Å²) in [4.78, 5) is 17.4. The third-order valence-electron chi connectivity index (χ3n) is 4.33. The summed E-state index contributed by atoms with van der Waals surface area (Å²) in [7, 11) is 0. The summed E-state index contributed by atoms with van der Waals surface area (Å²) in [6, 6.07) is 10.0. The molecule has 25 heavy (non-hydrogen) atoms. The lowest BCUT2D eigenvalue weighted by molar-refractivity contribution is 0.103. The van der Waals surface area contributed by atoms with Gasteiger partial charge in [0.2, 0.25) is 0 Å². The van der Waals surface area contributed by atoms with Crippen molar-refractivity contribution in [3.8, 4) is 5.69 Å². The van der Waals surface area contributed by atoms with Gasteiger partial charge in [0.15, 0.2) is 0 Å². The molecule has 0 saturated heterocycles. The zero-order chi connectivity index (χ0) is 17.6. The Morgan fingerprint density at radius 3 is 2.52 bits per heavy atom. The van der Waals surface area contributed by atoms with Crippen LogP contribution in [-0.2, 0) is 0 Å². The number of hydrogen-bond acceptors (Lipinski definition) is 4. The summed E-state index contributed by atoms with van der Waals surface area (Å²) in [6.07, 6.45) is 2.49. The van der Waals surface area contributed by atoms with Gasteiger partial charge in [-0.25, -0.2) is 9.67 Å². The van der Waals surface area contributed by atoms with Gasteiger partial charge in [0.05, 0.1) is 22.1 Å². The van der Waals surface area contributed by atoms with Crippen molar-refractivity contribution in [3.05, 3.63) is 57.3 Å². The zero-order valence-corrected chi connectivity index (χ0v) is 15.4. The number of nitrogens with one attached hydrogen (secondary N) is 1. The number of nitrogens with zero attached hydrogens (tertiary/aromatic N) is 3. The Bertz CT molecular complexity index is 935. The molecular weight excluding hydrogens is 332 g/mol. The molecule has 2 heterocycles. The van der Waals surface area contributed by atoms with Crippen molar-refractivity contribution >= 4 is 22.9 Å². The van der Waals surface area contributed by atoms with Crippen LogP contribution in [0.4, 0.5) is 5.69 Å². The zero-order valence-electron chi connectivity index (χ0n) is 14.5. The molecule has 1 amide bonds. The van der Waals surface area contributed by atoms with E-state index in [1.165, 1.54) is 29.9 Å². The van der Waals surface area contributed by atoms with E-state index >= 15 is 0 Å². The number of aromatic nitrogens is 3. The molecule has 1 aliphatic carbocycles. The molecule has 1 aromatic carbocycles. The number of carbonyl (C=O) groups excluding carboxylic acids is 1. The van der Waals surface area contributed by atoms with Gasteiger partial charge in [-0.15, -0.1) is 11.3 Å². The molecule has 0 radical (unpaired) electrons. The number of rotatable bonds is 4. The fourth-order valence-corrected chi connectivity index (χ4v) is 3.83. The maximum Gasteiger partial charge on any atom is 0.267 e. The minimum Gasteiger partial charge on any atom is -0.321 e. The minimum atomic E-state index is -0.107. The van der Waals surface area contributed by atoms with Crippen molar-refractivity contribution < 1.29 is 4.79 Å². The summed E-state index contributed by atoms with van der Waals surface area (Å²) < 4.78 is 2.02. The van der Waals surface area contributed by atoms with Gasteiger partial charge in [0, 0.05) is 17.3 Å². The maximum atomic E-state index is 12.4. The molecule has 0 atom stereocenters. The summed E-state index contributed by atoms with van der Waals surface area (Å²) in [5, 5.41) is 8.47. The lowest BCUT2D eigenvalue weighted by atomic mass is 10.2. The average Bonchev–Trinajstić information content (AvgIpc) is 3.26. The third-order valence-corrected chi connectivity index (χ3v) is 5.41. The molecule has 0 spiro atoms. The fourth-order valence-electron chi connectivity index (χ4n) is 3.01. The maximum absolute atomic E-state index is 12.4. The molecule has 128 valence electrons. The molecule has 0 aliphatic heterocycles. The van der Waals surface area contributed by atoms with E-state index in [2.05, 4.69) is 21.5 Å². The summed E-state index contributed by atoms with van der Waals surface area (Å²) >= 11 is 1.42. The van der Waals surface area contributed by atoms with E-state index < -0.39 is 0 Å². The predicted octanol–water partition coefficient (Wildman–Crippen LogP) is 4.38. The van der Waals surface area contributed by atoms with Crippen LogP contribution >= 0.6 is 11.3 Å². The first-order valence-corrected chi connectivity index (χ1v) is 9.25. The lowest BCUT2D eigenvalue weighted by Gasteiger charge is -2.09. The second-order valence-corrected chi connectivity index (χ2v) is 7.75. The van der Waals surface area contributed by atoms with Gasteiger partial charge in [-0.3, -0.25) is 4.79 Å². The largest absolute Gasteiger partial charge is 0.321 e. The number of anilines is 1. The van der Waals surface area contributed by atoms with Gasteiger partial charge in [0.25, 0.3) is 5.91 Å². The number of aryl methyl sites for hydroxylation is 3. The van der Waals surface area contributed by atoms with Gasteiger partial charge < -0.3 is 5.32 Å². The van der Waals surface area contributed by atoms with E-state index in [4.69, 9.17) is 0 Å². The van der Waals surface area contributed by atoms with Crippen molar-refractivity contribution in [1.29, 1.82) is 0 Å². The quantitative estimate of drug-likeness (QED) is 0.758. The Morgan fingerprint density at radius 1 is 1.20 bits per heavy atom. The van der Waals surface area contributed by atoms with Gasteiger partial charge in [-0.1, -0.05) is 0 Å². The standard InChI is InChI=1S/C19H20N4OS/c1-11-10-17(14-4-5-14)23(22-11)16-8-6-15(7-9-16)21-19(24)18-12(2)20-13(3)25-18/h6-10,14H,4-5H2,1-3H3,(H,21,24). The van der Waals surface area contributed by atoms with E-state index in [9.17, 15) is 4.79 Å². The van der Waals surface area contributed by atoms with Crippen LogP contribution in [0.15, 0.2) is 30.3 Å². The number of carbonyl (C=O) groups is 1. The van der Waals surface area contributed by atoms with Gasteiger partial charge in [-0.05, 0) is 63.9 Å². The third kappa shape index (κ3) is 3.22. The van der Waals surface area contributed by atoms with Crippen molar-refractivity contribution in [2.45, 2.75) is 39.5 Å². The Balaban J connectivity index is 1.54. The van der Waals surface area contributed by atoms with E-state index in [1.54, 1.807) is 0 Å². The van der Waals surface area contributed by atoms with Crippen LogP contribution in [0.5, 0.6) is 0 Å². The summed E-state index contributed by atoms with van der Waals surface area (Å²) in [6.45, 7) is 5.80. The van der Waals surface area contributed by atoms with E-state index in [0.717, 1.165) is 27.8 Å². The fraction of sp³-hybridized carbons (Fsp3) is 0.316. The van der Waals surface area contributed by atoms with E-state index in [1.807, 2.05) is 49.7 Å². The molecule has 6 heteroatoms. The first kappa shape index (κ1) is 16.0. The second kappa shape index (κ2) is 6.11. The molecule has 0 bridgehead atoms. The highest BCUT2D eigenvalue weighted by Gasteiger charge is 2.28. The van der Waals surface area contributed by atoms with Crippen LogP contribution in [0.2, 0.25) is 0 Å². The number of thiazole rings is 1. The topological polar surface area (TPSA) is 59.8 Å². The monoisotopic (exact) mass is 352 g/mol. The smallest absolute Gasteiger partial charge is 0.267 e. The molecule has 1 aliphatic rings. The second-order valence-electron chi connectivity index (χ2n) is 6.55. The molecule has 5 nitrogen and oxygen atoms in total. The van der Waals surface area contributed by atoms with Crippen molar-refractivity contribution in [2.24, 2.45) is 0 Å². The van der Waals surface area contributed by atoms with Crippen LogP contribution in [-0.4, -0.2) is 20.7 Å². The highest BCUT2D eigenvalue weighted by atomic mass is 32.1. The van der Waals surface area contributed by atoms with Crippen LogP contribution in [0, 0.1) is 20.8 Å². The highest BCUT2D eigenvalue weighted by Crippen LogP contribution is 2.41. The number of hydrogen-bond donors (Lipinski definition) is 1. The van der Waals surface area contributed by atoms with E-state index in [0.29, 0.717) is 10.8 Å². The molecular formula is C19H20N4OS. The molecule has 0 unspecified atom stereocenters. The summed E-state index contributed by atoms with van der Waals surface area (Å²) in [5.74, 6) is 0.530.